The van der Waals surface area contributed by atoms with Crippen LogP contribution in [0.25, 0.3) is 10.9 Å². The summed E-state index contributed by atoms with van der Waals surface area (Å²) < 4.78 is 30.1. The van der Waals surface area contributed by atoms with Crippen LogP contribution in [-0.4, -0.2) is 17.3 Å². The molecule has 0 aliphatic heterocycles. The molecule has 0 bridgehead atoms. The summed E-state index contributed by atoms with van der Waals surface area (Å²) >= 11 is 0. The number of pyridine rings is 1. The highest BCUT2D eigenvalue weighted by atomic mass is 31.2. The summed E-state index contributed by atoms with van der Waals surface area (Å²) in [4.78, 5) is 5.17. The second-order valence-electron chi connectivity index (χ2n) is 11.7. The fraction of sp³-hybridized carbons (Fsp3) is 0.432. The van der Waals surface area contributed by atoms with E-state index in [1.807, 2.05) is 91.0 Å². The van der Waals surface area contributed by atoms with Crippen LogP contribution in [0.2, 0.25) is 0 Å². The largest absolute Gasteiger partial charge is 0.319 e. The van der Waals surface area contributed by atoms with E-state index in [9.17, 15) is 4.57 Å². The molecule has 0 aliphatic rings. The van der Waals surface area contributed by atoms with E-state index in [0.29, 0.717) is 5.44 Å². The highest BCUT2D eigenvalue weighted by molar-refractivity contribution is 7.85. The van der Waals surface area contributed by atoms with Gasteiger partial charge in [-0.25, -0.2) is 4.98 Å². The lowest BCUT2D eigenvalue weighted by Gasteiger charge is -2.22. The number of hydrogen-bond donors (Lipinski definition) is 0. The molecule has 0 saturated heterocycles. The van der Waals surface area contributed by atoms with Gasteiger partial charge in [0, 0.05) is 33.6 Å². The first kappa shape index (κ1) is 32.4. The Morgan fingerprint density at radius 3 is 1.55 bits per heavy atom. The Hall–Kier alpha value is -2.47. The number of rotatable bonds is 18. The minimum atomic E-state index is -3.23. The van der Waals surface area contributed by atoms with Crippen molar-refractivity contribution in [2.24, 2.45) is 0 Å². The first-order valence-electron chi connectivity index (χ1n) is 16.2. The lowest BCUT2D eigenvalue weighted by Crippen LogP contribution is -2.28. The zero-order valence-corrected chi connectivity index (χ0v) is 27.5. The molecule has 0 unspecified atom stereocenters. The molecule has 0 fully saturated rings. The van der Waals surface area contributed by atoms with Crippen molar-refractivity contribution in [3.05, 3.63) is 91.0 Å². The second kappa shape index (κ2) is 16.4. The van der Waals surface area contributed by atoms with Crippen LogP contribution < -0.4 is 21.3 Å². The van der Waals surface area contributed by atoms with Gasteiger partial charge in [0.05, 0.1) is 5.52 Å². The maximum atomic E-state index is 15.1. The first-order chi connectivity index (χ1) is 20.5. The topological polar surface area (TPSA) is 47.0 Å². The van der Waals surface area contributed by atoms with Crippen LogP contribution in [0.4, 0.5) is 0 Å². The standard InChI is InChI=1S/C37H49NO2P2/c1-3-5-7-9-11-19-30-41(39,31-20-12-10-8-6-4-2)35-27-21-22-32-28-29-36(38-37(32)35)42(40,33-23-15-13-16-24-33)34-25-17-14-18-26-34/h13-18,21-29H,3-12,19-20,30-31H2,1-2H3. The highest BCUT2D eigenvalue weighted by Crippen LogP contribution is 2.48. The molecule has 0 spiro atoms. The van der Waals surface area contributed by atoms with Crippen LogP contribution >= 0.6 is 14.3 Å². The quantitative estimate of drug-likeness (QED) is 0.0843. The van der Waals surface area contributed by atoms with Gasteiger partial charge in [0.15, 0.2) is 7.14 Å². The molecule has 0 saturated carbocycles. The van der Waals surface area contributed by atoms with Gasteiger partial charge in [-0.15, -0.1) is 0 Å². The van der Waals surface area contributed by atoms with Crippen molar-refractivity contribution in [3.63, 3.8) is 0 Å². The molecule has 3 nitrogen and oxygen atoms in total. The lowest BCUT2D eigenvalue weighted by molar-refractivity contribution is 0.568. The Kier molecular flexibility index (Phi) is 12.7. The van der Waals surface area contributed by atoms with Crippen molar-refractivity contribution in [1.29, 1.82) is 0 Å². The summed E-state index contributed by atoms with van der Waals surface area (Å²) in [6.07, 6.45) is 15.6. The Morgan fingerprint density at radius 1 is 0.524 bits per heavy atom. The number of unbranched alkanes of at least 4 members (excludes halogenated alkanes) is 10. The smallest absolute Gasteiger partial charge is 0.188 e. The molecule has 5 heteroatoms. The number of para-hydroxylation sites is 1. The van der Waals surface area contributed by atoms with Crippen LogP contribution in [0.1, 0.15) is 90.9 Å². The molecule has 224 valence electrons. The maximum Gasteiger partial charge on any atom is 0.188 e. The van der Waals surface area contributed by atoms with Crippen molar-refractivity contribution in [2.75, 3.05) is 12.3 Å². The second-order valence-corrected chi connectivity index (χ2v) is 17.5. The molecule has 0 aliphatic carbocycles. The maximum absolute atomic E-state index is 15.1. The fourth-order valence-electron chi connectivity index (χ4n) is 5.96. The van der Waals surface area contributed by atoms with Gasteiger partial charge in [-0.05, 0) is 25.0 Å². The molecule has 1 aromatic heterocycles. The zero-order chi connectivity index (χ0) is 29.7. The van der Waals surface area contributed by atoms with Crippen molar-refractivity contribution >= 4 is 46.5 Å². The molecule has 0 N–H and O–H groups in total. The van der Waals surface area contributed by atoms with Crippen molar-refractivity contribution in [3.8, 4) is 0 Å². The Morgan fingerprint density at radius 2 is 1.02 bits per heavy atom. The Bertz CT molecular complexity index is 1410. The normalized spacial score (nSPS) is 12.1. The van der Waals surface area contributed by atoms with E-state index in [-0.39, 0.29) is 0 Å². The summed E-state index contributed by atoms with van der Waals surface area (Å²) in [6.45, 7) is 4.48. The SMILES string of the molecule is CCCCCCCCP(=O)(CCCCCCCC)c1cccc2ccc(P(=O)(c3ccccc3)c3ccccc3)nc12. The summed E-state index contributed by atoms with van der Waals surface area (Å²) in [5.74, 6) is 0. The van der Waals surface area contributed by atoms with Crippen LogP contribution in [0.3, 0.4) is 0 Å². The number of benzene rings is 3. The minimum Gasteiger partial charge on any atom is -0.319 e. The highest BCUT2D eigenvalue weighted by Gasteiger charge is 2.33. The summed E-state index contributed by atoms with van der Waals surface area (Å²) in [5.41, 5.74) is 1.33. The van der Waals surface area contributed by atoms with Crippen molar-refractivity contribution in [1.82, 2.24) is 4.98 Å². The molecular formula is C37H49NO2P2. The predicted molar refractivity (Wildman–Crippen MR) is 185 cm³/mol. The average molecular weight is 602 g/mol. The van der Waals surface area contributed by atoms with E-state index in [1.54, 1.807) is 0 Å². The van der Waals surface area contributed by atoms with E-state index in [1.165, 1.54) is 51.4 Å². The zero-order valence-electron chi connectivity index (χ0n) is 25.7. The number of fused-ring (bicyclic) bond motifs is 1. The first-order valence-corrected chi connectivity index (χ1v) is 20.0. The third-order valence-corrected chi connectivity index (χ3v) is 14.7. The third-order valence-electron chi connectivity index (χ3n) is 8.43. The number of nitrogens with zero attached hydrogens (tertiary/aromatic N) is 1. The summed E-state index contributed by atoms with van der Waals surface area (Å²) in [7, 11) is -5.92. The van der Waals surface area contributed by atoms with E-state index in [0.717, 1.165) is 64.8 Å². The molecule has 42 heavy (non-hydrogen) atoms. The predicted octanol–water partition coefficient (Wildman–Crippen LogP) is 9.58. The van der Waals surface area contributed by atoms with Gasteiger partial charge < -0.3 is 9.13 Å². The van der Waals surface area contributed by atoms with E-state index in [2.05, 4.69) is 13.8 Å². The van der Waals surface area contributed by atoms with Crippen LogP contribution in [0, 0.1) is 0 Å². The van der Waals surface area contributed by atoms with Gasteiger partial charge in [-0.3, -0.25) is 0 Å². The van der Waals surface area contributed by atoms with E-state index in [4.69, 9.17) is 4.98 Å². The summed E-state index contributed by atoms with van der Waals surface area (Å²) in [5, 5.41) is 3.39. The molecule has 0 amide bonds. The molecule has 4 rings (SSSR count). The van der Waals surface area contributed by atoms with Gasteiger partial charge in [0.25, 0.3) is 0 Å². The minimum absolute atomic E-state index is 0.561. The van der Waals surface area contributed by atoms with Gasteiger partial charge in [0.1, 0.15) is 12.6 Å². The Balaban J connectivity index is 1.73. The Labute approximate surface area is 254 Å². The van der Waals surface area contributed by atoms with Crippen molar-refractivity contribution in [2.45, 2.75) is 90.9 Å². The van der Waals surface area contributed by atoms with Gasteiger partial charge in [-0.1, -0.05) is 157 Å². The van der Waals surface area contributed by atoms with Crippen LogP contribution in [0.5, 0.6) is 0 Å². The van der Waals surface area contributed by atoms with E-state index < -0.39 is 14.3 Å². The summed E-state index contributed by atoms with van der Waals surface area (Å²) in [6, 6.07) is 29.5. The van der Waals surface area contributed by atoms with Crippen LogP contribution in [0.15, 0.2) is 91.0 Å². The molecule has 1 heterocycles. The molecule has 4 aromatic rings. The number of aromatic nitrogens is 1. The fourth-order valence-corrected chi connectivity index (χ4v) is 11.6. The van der Waals surface area contributed by atoms with Gasteiger partial charge in [0.2, 0.25) is 0 Å². The average Bonchev–Trinajstić information content (AvgIpc) is 3.04. The third kappa shape index (κ3) is 8.12. The number of hydrogen-bond acceptors (Lipinski definition) is 3. The van der Waals surface area contributed by atoms with Gasteiger partial charge >= 0.3 is 0 Å². The molecular weight excluding hydrogens is 552 g/mol. The lowest BCUT2D eigenvalue weighted by atomic mass is 10.1. The van der Waals surface area contributed by atoms with Crippen molar-refractivity contribution < 1.29 is 9.13 Å². The van der Waals surface area contributed by atoms with Crippen LogP contribution in [-0.2, 0) is 9.13 Å². The van der Waals surface area contributed by atoms with E-state index >= 15 is 4.57 Å². The molecule has 0 radical (unpaired) electrons. The molecule has 0 atom stereocenters. The van der Waals surface area contributed by atoms with Gasteiger partial charge in [-0.2, -0.15) is 0 Å². The molecule has 3 aromatic carbocycles. The monoisotopic (exact) mass is 601 g/mol.